The Hall–Kier alpha value is -0.440. The highest BCUT2D eigenvalue weighted by Gasteiger charge is 2.33. The van der Waals surface area contributed by atoms with Crippen molar-refractivity contribution < 1.29 is 4.74 Å². The molecule has 2 unspecified atom stereocenters. The molecule has 2 atom stereocenters. The molecule has 0 aromatic heterocycles. The number of hydrogen-bond donors (Lipinski definition) is 0. The molecule has 3 rings (SSSR count). The molecule has 2 fully saturated rings. The van der Waals surface area contributed by atoms with Crippen LogP contribution < -0.4 is 4.90 Å². The minimum Gasteiger partial charge on any atom is -0.371 e. The average molecular weight is 272 g/mol. The summed E-state index contributed by atoms with van der Waals surface area (Å²) in [5, 5.41) is 0.760. The number of rotatable bonds is 2. The maximum absolute atomic E-state index is 6.19. The first-order valence-electron chi connectivity index (χ1n) is 6.01. The van der Waals surface area contributed by atoms with E-state index in [1.54, 1.807) is 0 Å². The quantitative estimate of drug-likeness (QED) is 0.765. The SMILES string of the molecule is ClCc1ccc(N2CC3CCC(C2)O3)cc1Cl. The average Bonchev–Trinajstić information content (AvgIpc) is 2.68. The van der Waals surface area contributed by atoms with Gasteiger partial charge < -0.3 is 9.64 Å². The Bertz CT molecular complexity index is 412. The normalized spacial score (nSPS) is 27.5. The molecule has 0 aliphatic carbocycles. The third kappa shape index (κ3) is 2.26. The number of alkyl halides is 1. The van der Waals surface area contributed by atoms with Gasteiger partial charge in [0, 0.05) is 29.7 Å². The molecule has 17 heavy (non-hydrogen) atoms. The highest BCUT2D eigenvalue weighted by atomic mass is 35.5. The Morgan fingerprint density at radius 2 is 1.94 bits per heavy atom. The van der Waals surface area contributed by atoms with E-state index in [4.69, 9.17) is 27.9 Å². The summed E-state index contributed by atoms with van der Waals surface area (Å²) < 4.78 is 5.83. The number of nitrogens with zero attached hydrogens (tertiary/aromatic N) is 1. The Morgan fingerprint density at radius 3 is 2.53 bits per heavy atom. The third-order valence-electron chi connectivity index (χ3n) is 3.59. The predicted molar refractivity (Wildman–Crippen MR) is 71.1 cm³/mol. The van der Waals surface area contributed by atoms with E-state index in [0.717, 1.165) is 23.7 Å². The van der Waals surface area contributed by atoms with Gasteiger partial charge in [-0.05, 0) is 30.5 Å². The van der Waals surface area contributed by atoms with E-state index in [1.165, 1.54) is 18.5 Å². The van der Waals surface area contributed by atoms with E-state index < -0.39 is 0 Å². The Kier molecular flexibility index (Phi) is 3.20. The van der Waals surface area contributed by atoms with Crippen LogP contribution in [0.4, 0.5) is 5.69 Å². The highest BCUT2D eigenvalue weighted by molar-refractivity contribution is 6.32. The Labute approximate surface area is 111 Å². The topological polar surface area (TPSA) is 12.5 Å². The summed E-state index contributed by atoms with van der Waals surface area (Å²) in [5.41, 5.74) is 2.18. The van der Waals surface area contributed by atoms with E-state index in [9.17, 15) is 0 Å². The van der Waals surface area contributed by atoms with E-state index in [1.807, 2.05) is 12.1 Å². The summed E-state index contributed by atoms with van der Waals surface area (Å²) in [7, 11) is 0. The van der Waals surface area contributed by atoms with Gasteiger partial charge in [-0.3, -0.25) is 0 Å². The van der Waals surface area contributed by atoms with Gasteiger partial charge in [-0.15, -0.1) is 11.6 Å². The zero-order valence-electron chi connectivity index (χ0n) is 9.53. The lowest BCUT2D eigenvalue weighted by atomic mass is 10.2. The first-order chi connectivity index (χ1) is 8.26. The zero-order valence-corrected chi connectivity index (χ0v) is 11.0. The van der Waals surface area contributed by atoms with Crippen molar-refractivity contribution >= 4 is 28.9 Å². The summed E-state index contributed by atoms with van der Waals surface area (Å²) in [6.45, 7) is 1.96. The lowest BCUT2D eigenvalue weighted by Crippen LogP contribution is -2.42. The van der Waals surface area contributed by atoms with Crippen LogP contribution in [-0.2, 0) is 10.6 Å². The predicted octanol–water partition coefficient (Wildman–Crippen LogP) is 3.45. The summed E-state index contributed by atoms with van der Waals surface area (Å²) in [6.07, 6.45) is 3.18. The summed E-state index contributed by atoms with van der Waals surface area (Å²) >= 11 is 12.0. The maximum atomic E-state index is 6.19. The third-order valence-corrected chi connectivity index (χ3v) is 4.23. The van der Waals surface area contributed by atoms with Gasteiger partial charge in [-0.2, -0.15) is 0 Å². The van der Waals surface area contributed by atoms with Crippen LogP contribution in [0.3, 0.4) is 0 Å². The van der Waals surface area contributed by atoms with Gasteiger partial charge in [0.15, 0.2) is 0 Å². The van der Waals surface area contributed by atoms with Crippen molar-refractivity contribution in [2.24, 2.45) is 0 Å². The molecule has 2 saturated heterocycles. The fourth-order valence-corrected chi connectivity index (χ4v) is 3.21. The molecule has 4 heteroatoms. The fourth-order valence-electron chi connectivity index (χ4n) is 2.67. The minimum absolute atomic E-state index is 0.403. The second kappa shape index (κ2) is 4.68. The molecule has 2 aliphatic heterocycles. The van der Waals surface area contributed by atoms with E-state index >= 15 is 0 Å². The lowest BCUT2D eigenvalue weighted by molar-refractivity contribution is 0.0305. The van der Waals surface area contributed by atoms with Crippen molar-refractivity contribution in [3.63, 3.8) is 0 Å². The van der Waals surface area contributed by atoms with E-state index in [-0.39, 0.29) is 0 Å². The molecule has 0 saturated carbocycles. The highest BCUT2D eigenvalue weighted by Crippen LogP contribution is 2.31. The number of benzene rings is 1. The van der Waals surface area contributed by atoms with Crippen molar-refractivity contribution in [1.82, 2.24) is 0 Å². The van der Waals surface area contributed by atoms with Gasteiger partial charge in [-0.25, -0.2) is 0 Å². The molecule has 2 nitrogen and oxygen atoms in total. The molecule has 92 valence electrons. The monoisotopic (exact) mass is 271 g/mol. The number of hydrogen-bond acceptors (Lipinski definition) is 2. The Balaban J connectivity index is 1.82. The van der Waals surface area contributed by atoms with Crippen LogP contribution in [0.15, 0.2) is 18.2 Å². The molecule has 0 radical (unpaired) electrons. The van der Waals surface area contributed by atoms with Gasteiger partial charge in [-0.1, -0.05) is 17.7 Å². The van der Waals surface area contributed by atoms with Crippen LogP contribution in [0.2, 0.25) is 5.02 Å². The fraction of sp³-hybridized carbons (Fsp3) is 0.538. The summed E-state index contributed by atoms with van der Waals surface area (Å²) in [4.78, 5) is 2.37. The molecule has 1 aromatic carbocycles. The van der Waals surface area contributed by atoms with Crippen LogP contribution >= 0.6 is 23.2 Å². The maximum Gasteiger partial charge on any atom is 0.0755 e. The second-order valence-corrected chi connectivity index (χ2v) is 5.45. The number of fused-ring (bicyclic) bond motifs is 2. The van der Waals surface area contributed by atoms with Gasteiger partial charge in [0.05, 0.1) is 12.2 Å². The molecule has 1 aromatic rings. The molecule has 2 bridgehead atoms. The number of halogens is 2. The van der Waals surface area contributed by atoms with Crippen molar-refractivity contribution in [3.05, 3.63) is 28.8 Å². The lowest BCUT2D eigenvalue weighted by Gasteiger charge is -2.34. The van der Waals surface area contributed by atoms with Gasteiger partial charge in [0.2, 0.25) is 0 Å². The number of anilines is 1. The molecule has 0 spiro atoms. The van der Waals surface area contributed by atoms with Crippen LogP contribution in [-0.4, -0.2) is 25.3 Å². The molecule has 0 amide bonds. The van der Waals surface area contributed by atoms with Crippen molar-refractivity contribution in [3.8, 4) is 0 Å². The summed E-state index contributed by atoms with van der Waals surface area (Å²) in [5.74, 6) is 0.466. The van der Waals surface area contributed by atoms with Crippen LogP contribution in [0.1, 0.15) is 18.4 Å². The van der Waals surface area contributed by atoms with Crippen LogP contribution in [0.5, 0.6) is 0 Å². The number of morpholine rings is 1. The van der Waals surface area contributed by atoms with Crippen LogP contribution in [0.25, 0.3) is 0 Å². The standard InChI is InChI=1S/C13H15Cl2NO/c14-6-9-1-2-10(5-13(9)15)16-7-11-3-4-12(8-16)17-11/h1-2,5,11-12H,3-4,6-8H2. The van der Waals surface area contributed by atoms with E-state index in [2.05, 4.69) is 11.0 Å². The van der Waals surface area contributed by atoms with E-state index in [0.29, 0.717) is 18.1 Å². The Morgan fingerprint density at radius 1 is 1.24 bits per heavy atom. The number of ether oxygens (including phenoxy) is 1. The first-order valence-corrected chi connectivity index (χ1v) is 6.92. The smallest absolute Gasteiger partial charge is 0.0755 e. The molecular formula is C13H15Cl2NO. The molecule has 2 heterocycles. The molecule has 0 N–H and O–H groups in total. The molecule has 2 aliphatic rings. The first kappa shape index (κ1) is 11.6. The second-order valence-electron chi connectivity index (χ2n) is 4.77. The van der Waals surface area contributed by atoms with Crippen molar-refractivity contribution in [1.29, 1.82) is 0 Å². The van der Waals surface area contributed by atoms with Crippen LogP contribution in [0, 0.1) is 0 Å². The van der Waals surface area contributed by atoms with Gasteiger partial charge >= 0.3 is 0 Å². The van der Waals surface area contributed by atoms with Crippen molar-refractivity contribution in [2.45, 2.75) is 30.9 Å². The van der Waals surface area contributed by atoms with Gasteiger partial charge in [0.25, 0.3) is 0 Å². The molecular weight excluding hydrogens is 257 g/mol. The van der Waals surface area contributed by atoms with Gasteiger partial charge in [0.1, 0.15) is 0 Å². The summed E-state index contributed by atoms with van der Waals surface area (Å²) in [6, 6.07) is 6.14. The minimum atomic E-state index is 0.403. The van der Waals surface area contributed by atoms with Crippen molar-refractivity contribution in [2.75, 3.05) is 18.0 Å². The largest absolute Gasteiger partial charge is 0.371 e. The zero-order chi connectivity index (χ0) is 11.8.